The van der Waals surface area contributed by atoms with Gasteiger partial charge in [0.2, 0.25) is 5.91 Å². The number of hydrogen-bond donors (Lipinski definition) is 2. The largest absolute Gasteiger partial charge is 0.384 e. The molecular formula is C17H26N6O4. The third-order valence-corrected chi connectivity index (χ3v) is 5.28. The minimum Gasteiger partial charge on any atom is -0.384 e. The number of aromatic nitrogens is 4. The maximum Gasteiger partial charge on any atom is 0.332 e. The molecule has 2 N–H and O–H groups in total. The summed E-state index contributed by atoms with van der Waals surface area (Å²) in [5.74, 6) is -0.371. The second-order valence-electron chi connectivity index (χ2n) is 7.22. The molecule has 0 bridgehead atoms. The summed E-state index contributed by atoms with van der Waals surface area (Å²) < 4.78 is 9.12. The molecule has 1 aliphatic heterocycles. The van der Waals surface area contributed by atoms with Gasteiger partial charge in [-0.1, -0.05) is 0 Å². The Bertz CT molecular complexity index is 945. The highest BCUT2D eigenvalue weighted by Gasteiger charge is 2.32. The first-order chi connectivity index (χ1) is 12.9. The monoisotopic (exact) mass is 378 g/mol. The van der Waals surface area contributed by atoms with E-state index >= 15 is 0 Å². The molecule has 10 nitrogen and oxygen atoms in total. The summed E-state index contributed by atoms with van der Waals surface area (Å²) in [6.45, 7) is 2.42. The average molecular weight is 378 g/mol. The summed E-state index contributed by atoms with van der Waals surface area (Å²) >= 11 is 0. The van der Waals surface area contributed by atoms with Crippen LogP contribution in [0.2, 0.25) is 0 Å². The zero-order chi connectivity index (χ0) is 19.6. The summed E-state index contributed by atoms with van der Waals surface area (Å²) in [7, 11) is 4.86. The Balaban J connectivity index is 1.79. The summed E-state index contributed by atoms with van der Waals surface area (Å²) in [5, 5.41) is 6.18. The van der Waals surface area contributed by atoms with E-state index in [1.165, 1.54) is 17.9 Å². The molecule has 10 heteroatoms. The molecule has 0 spiro atoms. The van der Waals surface area contributed by atoms with E-state index < -0.39 is 11.2 Å². The highest BCUT2D eigenvalue weighted by Crippen LogP contribution is 2.28. The van der Waals surface area contributed by atoms with Gasteiger partial charge < -0.3 is 19.9 Å². The van der Waals surface area contributed by atoms with E-state index in [1.807, 2.05) is 0 Å². The van der Waals surface area contributed by atoms with Crippen molar-refractivity contribution in [3.05, 3.63) is 27.2 Å². The number of carbonyl (C=O) groups excluding carboxylic acids is 1. The normalized spacial score (nSPS) is 16.6. The zero-order valence-electron chi connectivity index (χ0n) is 15.9. The SMILES string of the molecule is COCC1(CNC(=O)Cn2c(=O)c3c(ncn3C)n(C)c2=O)CCNCC1. The maximum absolute atomic E-state index is 12.7. The molecule has 2 aromatic heterocycles. The molecule has 3 rings (SSSR count). The van der Waals surface area contributed by atoms with Crippen LogP contribution in [0.25, 0.3) is 11.2 Å². The molecule has 0 unspecified atom stereocenters. The van der Waals surface area contributed by atoms with E-state index in [-0.39, 0.29) is 17.9 Å². The lowest BCUT2D eigenvalue weighted by atomic mass is 9.79. The lowest BCUT2D eigenvalue weighted by Gasteiger charge is -2.37. The van der Waals surface area contributed by atoms with Crippen LogP contribution in [0.1, 0.15) is 12.8 Å². The van der Waals surface area contributed by atoms with Crippen LogP contribution in [-0.2, 0) is 30.2 Å². The predicted octanol–water partition coefficient (Wildman–Crippen LogP) is -1.43. The van der Waals surface area contributed by atoms with Crippen LogP contribution in [0, 0.1) is 5.41 Å². The molecule has 0 aliphatic carbocycles. The van der Waals surface area contributed by atoms with Gasteiger partial charge in [-0.15, -0.1) is 0 Å². The Hall–Kier alpha value is -2.46. The van der Waals surface area contributed by atoms with Crippen molar-refractivity contribution in [2.45, 2.75) is 19.4 Å². The van der Waals surface area contributed by atoms with Gasteiger partial charge in [-0.05, 0) is 25.9 Å². The molecule has 1 aliphatic rings. The van der Waals surface area contributed by atoms with Crippen LogP contribution in [0.3, 0.4) is 0 Å². The summed E-state index contributed by atoms with van der Waals surface area (Å²) in [6, 6.07) is 0. The summed E-state index contributed by atoms with van der Waals surface area (Å²) in [5.41, 5.74) is -0.610. The van der Waals surface area contributed by atoms with Crippen LogP contribution in [0.15, 0.2) is 15.9 Å². The number of carbonyl (C=O) groups is 1. The van der Waals surface area contributed by atoms with Gasteiger partial charge in [0.25, 0.3) is 5.56 Å². The third-order valence-electron chi connectivity index (χ3n) is 5.28. The van der Waals surface area contributed by atoms with E-state index in [0.717, 1.165) is 30.5 Å². The molecule has 0 atom stereocenters. The van der Waals surface area contributed by atoms with E-state index in [4.69, 9.17) is 4.74 Å². The van der Waals surface area contributed by atoms with Gasteiger partial charge in [0.05, 0.1) is 12.9 Å². The molecular weight excluding hydrogens is 352 g/mol. The number of aryl methyl sites for hydroxylation is 2. The minimum atomic E-state index is -0.560. The standard InChI is InChI=1S/C17H26N6O4/c1-21-11-20-14-13(21)15(25)23(16(26)22(14)2)8-12(24)19-9-17(10-27-3)4-6-18-7-5-17/h11,18H,4-10H2,1-3H3,(H,19,24). The minimum absolute atomic E-state index is 0.127. The van der Waals surface area contributed by atoms with Crippen LogP contribution < -0.4 is 21.9 Å². The number of nitrogens with one attached hydrogen (secondary N) is 2. The predicted molar refractivity (Wildman–Crippen MR) is 99.6 cm³/mol. The molecule has 0 radical (unpaired) electrons. The van der Waals surface area contributed by atoms with Gasteiger partial charge in [-0.3, -0.25) is 14.2 Å². The van der Waals surface area contributed by atoms with E-state index in [0.29, 0.717) is 24.3 Å². The van der Waals surface area contributed by atoms with Crippen LogP contribution in [0.4, 0.5) is 0 Å². The smallest absolute Gasteiger partial charge is 0.332 e. The van der Waals surface area contributed by atoms with Gasteiger partial charge in [-0.25, -0.2) is 14.3 Å². The van der Waals surface area contributed by atoms with Crippen molar-refractivity contribution in [1.29, 1.82) is 0 Å². The number of amides is 1. The van der Waals surface area contributed by atoms with E-state index in [9.17, 15) is 14.4 Å². The van der Waals surface area contributed by atoms with Crippen molar-refractivity contribution in [2.24, 2.45) is 19.5 Å². The van der Waals surface area contributed by atoms with Crippen LogP contribution >= 0.6 is 0 Å². The summed E-state index contributed by atoms with van der Waals surface area (Å²) in [6.07, 6.45) is 3.26. The molecule has 0 aromatic carbocycles. The number of nitrogens with zero attached hydrogens (tertiary/aromatic N) is 4. The number of rotatable bonds is 6. The van der Waals surface area contributed by atoms with E-state index in [1.54, 1.807) is 18.7 Å². The average Bonchev–Trinajstić information content (AvgIpc) is 3.05. The van der Waals surface area contributed by atoms with Crippen LogP contribution in [-0.4, -0.2) is 57.9 Å². The first kappa shape index (κ1) is 19.3. The van der Waals surface area contributed by atoms with Gasteiger partial charge in [0.15, 0.2) is 11.2 Å². The molecule has 1 fully saturated rings. The van der Waals surface area contributed by atoms with Gasteiger partial charge >= 0.3 is 5.69 Å². The Labute approximate surface area is 156 Å². The fraction of sp³-hybridized carbons (Fsp3) is 0.647. The number of imidazole rings is 1. The Morgan fingerprint density at radius 2 is 2.04 bits per heavy atom. The lowest BCUT2D eigenvalue weighted by Crippen LogP contribution is -2.49. The van der Waals surface area contributed by atoms with Gasteiger partial charge in [-0.2, -0.15) is 0 Å². The Kier molecular flexibility index (Phi) is 5.47. The van der Waals surface area contributed by atoms with Crippen molar-refractivity contribution >= 4 is 17.1 Å². The fourth-order valence-corrected chi connectivity index (χ4v) is 3.66. The van der Waals surface area contributed by atoms with Gasteiger partial charge in [0, 0.05) is 33.2 Å². The third kappa shape index (κ3) is 3.67. The van der Waals surface area contributed by atoms with Crippen molar-refractivity contribution in [3.63, 3.8) is 0 Å². The first-order valence-corrected chi connectivity index (χ1v) is 8.96. The topological polar surface area (TPSA) is 112 Å². The van der Waals surface area contributed by atoms with Gasteiger partial charge in [0.1, 0.15) is 6.54 Å². The van der Waals surface area contributed by atoms with Crippen molar-refractivity contribution in [3.8, 4) is 0 Å². The molecule has 1 saturated heterocycles. The quantitative estimate of drug-likeness (QED) is 0.637. The molecule has 3 heterocycles. The molecule has 148 valence electrons. The summed E-state index contributed by atoms with van der Waals surface area (Å²) in [4.78, 5) is 41.7. The lowest BCUT2D eigenvalue weighted by molar-refractivity contribution is -0.122. The fourth-order valence-electron chi connectivity index (χ4n) is 3.66. The molecule has 2 aromatic rings. The number of fused-ring (bicyclic) bond motifs is 1. The second kappa shape index (κ2) is 7.65. The zero-order valence-corrected chi connectivity index (χ0v) is 15.9. The van der Waals surface area contributed by atoms with Crippen LogP contribution in [0.5, 0.6) is 0 Å². The van der Waals surface area contributed by atoms with Crippen molar-refractivity contribution < 1.29 is 9.53 Å². The number of piperidine rings is 1. The second-order valence-corrected chi connectivity index (χ2v) is 7.22. The number of methoxy groups -OCH3 is 1. The first-order valence-electron chi connectivity index (χ1n) is 8.96. The highest BCUT2D eigenvalue weighted by atomic mass is 16.5. The molecule has 27 heavy (non-hydrogen) atoms. The van der Waals surface area contributed by atoms with Crippen molar-refractivity contribution in [2.75, 3.05) is 33.4 Å². The highest BCUT2D eigenvalue weighted by molar-refractivity contribution is 5.76. The number of hydrogen-bond acceptors (Lipinski definition) is 6. The van der Waals surface area contributed by atoms with E-state index in [2.05, 4.69) is 15.6 Å². The Morgan fingerprint density at radius 3 is 2.70 bits per heavy atom. The van der Waals surface area contributed by atoms with Crippen molar-refractivity contribution in [1.82, 2.24) is 29.3 Å². The number of ether oxygens (including phenoxy) is 1. The molecule has 0 saturated carbocycles. The maximum atomic E-state index is 12.7. The Morgan fingerprint density at radius 1 is 1.33 bits per heavy atom. The molecule has 1 amide bonds.